The average Bonchev–Trinajstić information content (AvgIpc) is 2.69. The van der Waals surface area contributed by atoms with Crippen molar-refractivity contribution in [1.29, 1.82) is 0 Å². The Morgan fingerprint density at radius 2 is 1.77 bits per heavy atom. The Morgan fingerprint density at radius 3 is 2.42 bits per heavy atom. The van der Waals surface area contributed by atoms with Gasteiger partial charge < -0.3 is 19.3 Å². The number of carbonyl (C=O) groups excluding carboxylic acids is 1. The second-order valence-electron chi connectivity index (χ2n) is 6.69. The molecule has 1 N–H and O–H groups in total. The van der Waals surface area contributed by atoms with E-state index in [0.717, 1.165) is 32.7 Å². The summed E-state index contributed by atoms with van der Waals surface area (Å²) in [6.07, 6.45) is 0. The van der Waals surface area contributed by atoms with Crippen LogP contribution in [-0.4, -0.2) is 51.2 Å². The fraction of sp³-hybridized carbons (Fsp3) is 0.381. The Kier molecular flexibility index (Phi) is 5.78. The van der Waals surface area contributed by atoms with Crippen LogP contribution in [0, 0.1) is 6.92 Å². The molecule has 26 heavy (non-hydrogen) atoms. The molecule has 1 fully saturated rings. The molecule has 0 aliphatic carbocycles. The number of carbonyl (C=O) groups is 1. The van der Waals surface area contributed by atoms with Crippen LogP contribution in [0.2, 0.25) is 0 Å². The van der Waals surface area contributed by atoms with Crippen LogP contribution >= 0.6 is 0 Å². The summed E-state index contributed by atoms with van der Waals surface area (Å²) in [4.78, 5) is 16.4. The second kappa shape index (κ2) is 8.23. The van der Waals surface area contributed by atoms with Crippen LogP contribution in [0.25, 0.3) is 0 Å². The molecule has 1 aliphatic heterocycles. The van der Waals surface area contributed by atoms with Crippen LogP contribution in [0.4, 0.5) is 0 Å². The highest BCUT2D eigenvalue weighted by Gasteiger charge is 2.27. The number of rotatable bonds is 5. The number of nitrogens with one attached hydrogen (secondary N) is 1. The number of methoxy groups -OCH3 is 2. The molecule has 1 heterocycles. The molecule has 0 unspecified atom stereocenters. The molecule has 0 bridgehead atoms. The summed E-state index contributed by atoms with van der Waals surface area (Å²) in [5.41, 5.74) is 3.28. The molecule has 1 saturated heterocycles. The van der Waals surface area contributed by atoms with Gasteiger partial charge in [-0.3, -0.25) is 4.79 Å². The van der Waals surface area contributed by atoms with Crippen molar-refractivity contribution < 1.29 is 19.2 Å². The van der Waals surface area contributed by atoms with E-state index in [4.69, 9.17) is 9.47 Å². The smallest absolute Gasteiger partial charge is 0.258 e. The average molecular weight is 355 g/mol. The van der Waals surface area contributed by atoms with E-state index in [0.29, 0.717) is 17.1 Å². The van der Waals surface area contributed by atoms with Crippen molar-refractivity contribution >= 4 is 5.91 Å². The van der Waals surface area contributed by atoms with Gasteiger partial charge in [0.25, 0.3) is 5.91 Å². The highest BCUT2D eigenvalue weighted by atomic mass is 16.5. The lowest BCUT2D eigenvalue weighted by Crippen LogP contribution is -3.13. The van der Waals surface area contributed by atoms with E-state index >= 15 is 0 Å². The normalized spacial score (nSPS) is 15.0. The molecule has 0 aromatic heterocycles. The van der Waals surface area contributed by atoms with E-state index in [-0.39, 0.29) is 5.91 Å². The topological polar surface area (TPSA) is 43.2 Å². The first-order valence-electron chi connectivity index (χ1n) is 9.02. The molecule has 5 nitrogen and oxygen atoms in total. The number of piperazine rings is 1. The number of ether oxygens (including phenoxy) is 2. The lowest BCUT2D eigenvalue weighted by Gasteiger charge is -2.32. The molecule has 138 valence electrons. The van der Waals surface area contributed by atoms with Gasteiger partial charge in [0.15, 0.2) is 11.5 Å². The van der Waals surface area contributed by atoms with Crippen LogP contribution in [0.5, 0.6) is 11.5 Å². The highest BCUT2D eigenvalue weighted by Crippen LogP contribution is 2.31. The van der Waals surface area contributed by atoms with E-state index < -0.39 is 0 Å². The minimum Gasteiger partial charge on any atom is -0.493 e. The monoisotopic (exact) mass is 355 g/mol. The third kappa shape index (κ3) is 3.83. The molecule has 1 aliphatic rings. The molecule has 3 rings (SSSR count). The van der Waals surface area contributed by atoms with Crippen molar-refractivity contribution in [3.8, 4) is 11.5 Å². The Hall–Kier alpha value is -2.53. The standard InChI is InChI=1S/C21H26N2O3/c1-16-7-4-5-8-17(16)15-22-11-13-23(14-12-22)21(24)18-9-6-10-19(25-2)20(18)26-3/h4-10H,11-15H2,1-3H3/p+1. The zero-order valence-electron chi connectivity index (χ0n) is 15.7. The maximum Gasteiger partial charge on any atom is 0.258 e. The minimum absolute atomic E-state index is 0.00990. The Morgan fingerprint density at radius 1 is 1.04 bits per heavy atom. The zero-order chi connectivity index (χ0) is 18.5. The van der Waals surface area contributed by atoms with Crippen LogP contribution in [-0.2, 0) is 6.54 Å². The van der Waals surface area contributed by atoms with Gasteiger partial charge in [-0.1, -0.05) is 30.3 Å². The summed E-state index contributed by atoms with van der Waals surface area (Å²) in [6, 6.07) is 14.0. The first-order chi connectivity index (χ1) is 12.6. The fourth-order valence-corrected chi connectivity index (χ4v) is 3.51. The van der Waals surface area contributed by atoms with E-state index in [1.54, 1.807) is 26.4 Å². The predicted octanol–water partition coefficient (Wildman–Crippen LogP) is 1.55. The van der Waals surface area contributed by atoms with Gasteiger partial charge in [-0.25, -0.2) is 0 Å². The van der Waals surface area contributed by atoms with Gasteiger partial charge in [0.2, 0.25) is 0 Å². The van der Waals surface area contributed by atoms with Crippen molar-refractivity contribution in [1.82, 2.24) is 4.90 Å². The number of nitrogens with zero attached hydrogens (tertiary/aromatic N) is 1. The number of benzene rings is 2. The third-order valence-electron chi connectivity index (χ3n) is 5.09. The van der Waals surface area contributed by atoms with Gasteiger partial charge in [-0.05, 0) is 24.6 Å². The van der Waals surface area contributed by atoms with Crippen LogP contribution in [0.15, 0.2) is 42.5 Å². The van der Waals surface area contributed by atoms with Crippen molar-refractivity contribution in [3.05, 3.63) is 59.2 Å². The first-order valence-corrected chi connectivity index (χ1v) is 9.02. The van der Waals surface area contributed by atoms with Crippen molar-refractivity contribution in [2.45, 2.75) is 13.5 Å². The van der Waals surface area contributed by atoms with Gasteiger partial charge in [-0.15, -0.1) is 0 Å². The van der Waals surface area contributed by atoms with Crippen LogP contribution in [0.1, 0.15) is 21.5 Å². The second-order valence-corrected chi connectivity index (χ2v) is 6.69. The predicted molar refractivity (Wildman–Crippen MR) is 101 cm³/mol. The largest absolute Gasteiger partial charge is 0.493 e. The molecular formula is C21H27N2O3+. The summed E-state index contributed by atoms with van der Waals surface area (Å²) in [5, 5.41) is 0. The lowest BCUT2D eigenvalue weighted by atomic mass is 10.1. The number of quaternary nitrogens is 1. The molecular weight excluding hydrogens is 328 g/mol. The fourth-order valence-electron chi connectivity index (χ4n) is 3.51. The number of aryl methyl sites for hydroxylation is 1. The molecule has 0 spiro atoms. The quantitative estimate of drug-likeness (QED) is 0.885. The third-order valence-corrected chi connectivity index (χ3v) is 5.09. The molecule has 0 saturated carbocycles. The Bertz CT molecular complexity index is 768. The van der Waals surface area contributed by atoms with Gasteiger partial charge in [-0.2, -0.15) is 0 Å². The summed E-state index contributed by atoms with van der Waals surface area (Å²) in [5.74, 6) is 1.10. The number of amides is 1. The van der Waals surface area contributed by atoms with Gasteiger partial charge >= 0.3 is 0 Å². The summed E-state index contributed by atoms with van der Waals surface area (Å²) in [6.45, 7) is 6.57. The first kappa shape index (κ1) is 18.3. The number of hydrogen-bond donors (Lipinski definition) is 1. The molecule has 0 radical (unpaired) electrons. The van der Waals surface area contributed by atoms with Crippen molar-refractivity contribution in [2.75, 3.05) is 40.4 Å². The van der Waals surface area contributed by atoms with Crippen LogP contribution < -0.4 is 14.4 Å². The van der Waals surface area contributed by atoms with Gasteiger partial charge in [0.1, 0.15) is 6.54 Å². The van der Waals surface area contributed by atoms with E-state index in [9.17, 15) is 4.79 Å². The van der Waals surface area contributed by atoms with E-state index in [2.05, 4.69) is 31.2 Å². The van der Waals surface area contributed by atoms with Gasteiger partial charge in [0.05, 0.1) is 46.0 Å². The maximum absolute atomic E-state index is 12.9. The zero-order valence-corrected chi connectivity index (χ0v) is 15.7. The molecule has 2 aromatic carbocycles. The highest BCUT2D eigenvalue weighted by molar-refractivity contribution is 5.97. The number of hydrogen-bond acceptors (Lipinski definition) is 3. The minimum atomic E-state index is 0.00990. The summed E-state index contributed by atoms with van der Waals surface area (Å²) < 4.78 is 10.7. The lowest BCUT2D eigenvalue weighted by molar-refractivity contribution is -0.917. The molecule has 2 aromatic rings. The number of para-hydroxylation sites is 1. The van der Waals surface area contributed by atoms with Crippen molar-refractivity contribution in [3.63, 3.8) is 0 Å². The summed E-state index contributed by atoms with van der Waals surface area (Å²) in [7, 11) is 3.15. The van der Waals surface area contributed by atoms with Crippen molar-refractivity contribution in [2.24, 2.45) is 0 Å². The van der Waals surface area contributed by atoms with Gasteiger partial charge in [0, 0.05) is 5.56 Å². The van der Waals surface area contributed by atoms with E-state index in [1.165, 1.54) is 16.0 Å². The molecule has 1 amide bonds. The molecule has 5 heteroatoms. The summed E-state index contributed by atoms with van der Waals surface area (Å²) >= 11 is 0. The SMILES string of the molecule is COc1cccc(C(=O)N2CC[NH+](Cc3ccccc3C)CC2)c1OC. The Balaban J connectivity index is 1.65. The van der Waals surface area contributed by atoms with E-state index in [1.807, 2.05) is 11.0 Å². The Labute approximate surface area is 155 Å². The molecule has 0 atom stereocenters. The maximum atomic E-state index is 12.9. The van der Waals surface area contributed by atoms with Crippen LogP contribution in [0.3, 0.4) is 0 Å².